The Bertz CT molecular complexity index is 391. The van der Waals surface area contributed by atoms with E-state index >= 15 is 0 Å². The Balaban J connectivity index is 2.27. The molecule has 1 aliphatic heterocycles. The molecule has 0 aliphatic carbocycles. The van der Waals surface area contributed by atoms with Crippen LogP contribution in [0.15, 0.2) is 30.3 Å². The van der Waals surface area contributed by atoms with Crippen molar-refractivity contribution in [2.45, 2.75) is 31.2 Å². The van der Waals surface area contributed by atoms with Crippen molar-refractivity contribution in [3.63, 3.8) is 0 Å². The summed E-state index contributed by atoms with van der Waals surface area (Å²) in [6.07, 6.45) is 3.47. The number of nitrogens with zero attached hydrogens (tertiary/aromatic N) is 1. The number of carbonyl (C=O) groups is 1. The fourth-order valence-electron chi connectivity index (χ4n) is 2.82. The average Bonchev–Trinajstić information content (AvgIpc) is 2.42. The third-order valence-corrected chi connectivity index (χ3v) is 3.83. The van der Waals surface area contributed by atoms with Crippen LogP contribution in [-0.2, 0) is 9.53 Å². The van der Waals surface area contributed by atoms with Gasteiger partial charge < -0.3 is 9.64 Å². The molecular weight excluding hydrogens is 226 g/mol. The van der Waals surface area contributed by atoms with Gasteiger partial charge in [-0.1, -0.05) is 36.8 Å². The Kier molecular flexibility index (Phi) is 4.37. The molecule has 98 valence electrons. The summed E-state index contributed by atoms with van der Waals surface area (Å²) in [7, 11) is 3.57. The van der Waals surface area contributed by atoms with E-state index in [-0.39, 0.29) is 17.9 Å². The monoisotopic (exact) mass is 247 g/mol. The Hall–Kier alpha value is -1.35. The maximum absolute atomic E-state index is 12.1. The van der Waals surface area contributed by atoms with Gasteiger partial charge in [0.15, 0.2) is 0 Å². The van der Waals surface area contributed by atoms with E-state index in [4.69, 9.17) is 4.74 Å². The van der Waals surface area contributed by atoms with Crippen LogP contribution in [0.2, 0.25) is 0 Å². The zero-order chi connectivity index (χ0) is 13.0. The van der Waals surface area contributed by atoms with Crippen LogP contribution in [0.3, 0.4) is 0 Å². The minimum absolute atomic E-state index is 0.125. The van der Waals surface area contributed by atoms with E-state index in [0.29, 0.717) is 0 Å². The number of piperidine rings is 1. The van der Waals surface area contributed by atoms with Crippen molar-refractivity contribution >= 4 is 5.97 Å². The van der Waals surface area contributed by atoms with E-state index in [9.17, 15) is 4.79 Å². The number of carbonyl (C=O) groups excluding carboxylic acids is 1. The van der Waals surface area contributed by atoms with Crippen molar-refractivity contribution in [2.75, 3.05) is 20.7 Å². The number of likely N-dealkylation sites (N-methyl/N-ethyl adjacent to an activating group) is 1. The number of esters is 1. The van der Waals surface area contributed by atoms with Crippen molar-refractivity contribution in [3.8, 4) is 0 Å². The van der Waals surface area contributed by atoms with Crippen molar-refractivity contribution in [1.29, 1.82) is 0 Å². The molecule has 0 unspecified atom stereocenters. The normalized spacial score (nSPS) is 22.4. The molecule has 1 heterocycles. The number of rotatable bonds is 3. The van der Waals surface area contributed by atoms with Gasteiger partial charge in [-0.05, 0) is 32.0 Å². The predicted octanol–water partition coefficient (Wildman–Crippen LogP) is 2.43. The van der Waals surface area contributed by atoms with Gasteiger partial charge in [0.25, 0.3) is 0 Å². The molecule has 1 aromatic carbocycles. The predicted molar refractivity (Wildman–Crippen MR) is 71.5 cm³/mol. The van der Waals surface area contributed by atoms with Crippen molar-refractivity contribution < 1.29 is 9.53 Å². The van der Waals surface area contributed by atoms with Crippen LogP contribution in [-0.4, -0.2) is 37.6 Å². The lowest BCUT2D eigenvalue weighted by Crippen LogP contribution is -2.43. The van der Waals surface area contributed by atoms with Gasteiger partial charge in [-0.2, -0.15) is 0 Å². The van der Waals surface area contributed by atoms with Crippen molar-refractivity contribution in [2.24, 2.45) is 0 Å². The molecule has 1 saturated heterocycles. The first kappa shape index (κ1) is 13.1. The first-order valence-electron chi connectivity index (χ1n) is 6.57. The van der Waals surface area contributed by atoms with Crippen LogP contribution >= 0.6 is 0 Å². The summed E-state index contributed by atoms with van der Waals surface area (Å²) in [4.78, 5) is 14.4. The second kappa shape index (κ2) is 6.01. The first-order valence-corrected chi connectivity index (χ1v) is 6.57. The minimum Gasteiger partial charge on any atom is -0.469 e. The minimum atomic E-state index is -0.165. The Morgan fingerprint density at radius 2 is 2.06 bits per heavy atom. The molecule has 2 atom stereocenters. The van der Waals surface area contributed by atoms with E-state index in [1.807, 2.05) is 30.3 Å². The van der Waals surface area contributed by atoms with Crippen LogP contribution in [0.5, 0.6) is 0 Å². The SMILES string of the molecule is COC(=O)[C@H](c1ccccc1)[C@H]1CCCCN1C. The highest BCUT2D eigenvalue weighted by molar-refractivity contribution is 5.79. The van der Waals surface area contributed by atoms with Gasteiger partial charge in [0.05, 0.1) is 13.0 Å². The molecule has 3 heteroatoms. The van der Waals surface area contributed by atoms with Gasteiger partial charge in [0.2, 0.25) is 0 Å². The highest BCUT2D eigenvalue weighted by Crippen LogP contribution is 2.30. The smallest absolute Gasteiger partial charge is 0.314 e. The molecule has 18 heavy (non-hydrogen) atoms. The number of benzene rings is 1. The van der Waals surface area contributed by atoms with Crippen LogP contribution in [0.25, 0.3) is 0 Å². The molecule has 1 aromatic rings. The number of hydrogen-bond acceptors (Lipinski definition) is 3. The molecule has 0 spiro atoms. The van der Waals surface area contributed by atoms with Crippen LogP contribution in [0.4, 0.5) is 0 Å². The van der Waals surface area contributed by atoms with E-state index in [2.05, 4.69) is 11.9 Å². The molecule has 0 aromatic heterocycles. The summed E-state index contributed by atoms with van der Waals surface area (Å²) in [5.74, 6) is -0.290. The Labute approximate surface area is 109 Å². The summed E-state index contributed by atoms with van der Waals surface area (Å²) in [5.41, 5.74) is 1.06. The van der Waals surface area contributed by atoms with Gasteiger partial charge in [-0.3, -0.25) is 4.79 Å². The zero-order valence-corrected chi connectivity index (χ0v) is 11.1. The van der Waals surface area contributed by atoms with E-state index < -0.39 is 0 Å². The second-order valence-corrected chi connectivity index (χ2v) is 4.96. The number of hydrogen-bond donors (Lipinski definition) is 0. The van der Waals surface area contributed by atoms with Crippen LogP contribution < -0.4 is 0 Å². The summed E-state index contributed by atoms with van der Waals surface area (Å²) in [5, 5.41) is 0. The van der Waals surface area contributed by atoms with E-state index in [0.717, 1.165) is 18.5 Å². The topological polar surface area (TPSA) is 29.5 Å². The summed E-state index contributed by atoms with van der Waals surface area (Å²) in [6, 6.07) is 10.2. The lowest BCUT2D eigenvalue weighted by Gasteiger charge is -2.37. The quantitative estimate of drug-likeness (QED) is 0.768. The van der Waals surface area contributed by atoms with Gasteiger partial charge in [-0.25, -0.2) is 0 Å². The van der Waals surface area contributed by atoms with E-state index in [1.165, 1.54) is 20.0 Å². The highest BCUT2D eigenvalue weighted by atomic mass is 16.5. The molecule has 1 aliphatic rings. The van der Waals surface area contributed by atoms with Crippen LogP contribution in [0.1, 0.15) is 30.7 Å². The lowest BCUT2D eigenvalue weighted by atomic mass is 9.85. The van der Waals surface area contributed by atoms with Gasteiger partial charge in [-0.15, -0.1) is 0 Å². The van der Waals surface area contributed by atoms with Gasteiger partial charge in [0.1, 0.15) is 0 Å². The van der Waals surface area contributed by atoms with E-state index in [1.54, 1.807) is 0 Å². The molecule has 0 N–H and O–H groups in total. The van der Waals surface area contributed by atoms with Gasteiger partial charge >= 0.3 is 5.97 Å². The molecule has 0 saturated carbocycles. The lowest BCUT2D eigenvalue weighted by molar-refractivity contribution is -0.144. The number of likely N-dealkylation sites (tertiary alicyclic amines) is 1. The number of ether oxygens (including phenoxy) is 1. The summed E-state index contributed by atoms with van der Waals surface area (Å²) >= 11 is 0. The maximum atomic E-state index is 12.1. The third-order valence-electron chi connectivity index (χ3n) is 3.83. The third kappa shape index (κ3) is 2.72. The molecule has 2 rings (SSSR count). The maximum Gasteiger partial charge on any atom is 0.314 e. The number of methoxy groups -OCH3 is 1. The van der Waals surface area contributed by atoms with Crippen molar-refractivity contribution in [3.05, 3.63) is 35.9 Å². The molecular formula is C15H21NO2. The zero-order valence-electron chi connectivity index (χ0n) is 11.1. The highest BCUT2D eigenvalue weighted by Gasteiger charge is 2.34. The molecule has 1 fully saturated rings. The Morgan fingerprint density at radius 1 is 1.33 bits per heavy atom. The summed E-state index contributed by atoms with van der Waals surface area (Å²) in [6.45, 7) is 1.06. The summed E-state index contributed by atoms with van der Waals surface area (Å²) < 4.78 is 5.00. The molecule has 0 amide bonds. The molecule has 0 radical (unpaired) electrons. The fraction of sp³-hybridized carbons (Fsp3) is 0.533. The van der Waals surface area contributed by atoms with Crippen LogP contribution in [0, 0.1) is 0 Å². The van der Waals surface area contributed by atoms with Gasteiger partial charge in [0, 0.05) is 6.04 Å². The fourth-order valence-corrected chi connectivity index (χ4v) is 2.82. The second-order valence-electron chi connectivity index (χ2n) is 4.96. The van der Waals surface area contributed by atoms with Crippen molar-refractivity contribution in [1.82, 2.24) is 4.90 Å². The molecule has 3 nitrogen and oxygen atoms in total. The average molecular weight is 247 g/mol. The first-order chi connectivity index (χ1) is 8.74. The Morgan fingerprint density at radius 3 is 2.67 bits per heavy atom. The largest absolute Gasteiger partial charge is 0.469 e. The standard InChI is InChI=1S/C15H21NO2/c1-16-11-7-6-10-13(16)14(15(17)18-2)12-8-4-3-5-9-12/h3-5,8-9,13-14H,6-7,10-11H2,1-2H3/t13-,14-/m1/s1. The molecule has 0 bridgehead atoms.